The van der Waals surface area contributed by atoms with Crippen LogP contribution in [0.15, 0.2) is 54.6 Å². The SMILES string of the molecule is O=C(CC1C(=[N+]2CCCCC2)CCc2ccccc21)c1ccccc1.[Br-]. The summed E-state index contributed by atoms with van der Waals surface area (Å²) in [6, 6.07) is 18.5. The van der Waals surface area contributed by atoms with Crippen molar-refractivity contribution >= 4 is 11.5 Å². The maximum Gasteiger partial charge on any atom is 0.164 e. The van der Waals surface area contributed by atoms with E-state index in [9.17, 15) is 4.79 Å². The van der Waals surface area contributed by atoms with Gasteiger partial charge in [0, 0.05) is 31.2 Å². The van der Waals surface area contributed by atoms with E-state index in [1.165, 1.54) is 36.1 Å². The first kappa shape index (κ1) is 19.0. The van der Waals surface area contributed by atoms with Crippen LogP contribution in [0.5, 0.6) is 0 Å². The average Bonchev–Trinajstić information content (AvgIpc) is 2.69. The zero-order valence-corrected chi connectivity index (χ0v) is 16.7. The van der Waals surface area contributed by atoms with Gasteiger partial charge in [-0.25, -0.2) is 4.58 Å². The van der Waals surface area contributed by atoms with Crippen LogP contribution >= 0.6 is 0 Å². The van der Waals surface area contributed by atoms with Crippen molar-refractivity contribution in [1.29, 1.82) is 0 Å². The molecule has 0 spiro atoms. The molecule has 4 rings (SSSR count). The van der Waals surface area contributed by atoms with Crippen LogP contribution in [-0.2, 0) is 6.42 Å². The minimum absolute atomic E-state index is 0. The minimum Gasteiger partial charge on any atom is -1.00 e. The molecule has 1 atom stereocenters. The number of aryl methyl sites for hydroxylation is 1. The van der Waals surface area contributed by atoms with E-state index in [1.807, 2.05) is 30.3 Å². The molecule has 1 heterocycles. The number of carbonyl (C=O) groups is 1. The molecule has 2 nitrogen and oxygen atoms in total. The van der Waals surface area contributed by atoms with Gasteiger partial charge in [0.15, 0.2) is 11.5 Å². The Bertz CT molecular complexity index is 789. The molecule has 136 valence electrons. The number of Topliss-reactive ketones (excluding diaryl/α,β-unsaturated/α-hetero) is 1. The van der Waals surface area contributed by atoms with Crippen LogP contribution in [-0.4, -0.2) is 29.2 Å². The first-order valence-electron chi connectivity index (χ1n) is 9.59. The van der Waals surface area contributed by atoms with Crippen molar-refractivity contribution in [2.75, 3.05) is 13.1 Å². The normalized spacial score (nSPS) is 19.5. The number of benzene rings is 2. The van der Waals surface area contributed by atoms with Crippen molar-refractivity contribution in [2.24, 2.45) is 0 Å². The first-order chi connectivity index (χ1) is 12.3. The summed E-state index contributed by atoms with van der Waals surface area (Å²) in [5, 5.41) is 0. The Morgan fingerprint density at radius 3 is 2.35 bits per heavy atom. The summed E-state index contributed by atoms with van der Waals surface area (Å²) in [5.74, 6) is 0.507. The fraction of sp³-hybridized carbons (Fsp3) is 0.391. The lowest BCUT2D eigenvalue weighted by atomic mass is 9.77. The van der Waals surface area contributed by atoms with E-state index in [-0.39, 0.29) is 28.7 Å². The molecule has 0 bridgehead atoms. The molecule has 2 aliphatic rings. The van der Waals surface area contributed by atoms with Gasteiger partial charge in [0.2, 0.25) is 0 Å². The van der Waals surface area contributed by atoms with Crippen molar-refractivity contribution in [1.82, 2.24) is 0 Å². The van der Waals surface area contributed by atoms with E-state index in [1.54, 1.807) is 0 Å². The summed E-state index contributed by atoms with van der Waals surface area (Å²) in [6.07, 6.45) is 6.71. The largest absolute Gasteiger partial charge is 1.00 e. The van der Waals surface area contributed by atoms with Crippen LogP contribution in [0.3, 0.4) is 0 Å². The Morgan fingerprint density at radius 2 is 1.58 bits per heavy atom. The molecule has 1 fully saturated rings. The van der Waals surface area contributed by atoms with Crippen LogP contribution in [0.4, 0.5) is 0 Å². The Kier molecular flexibility index (Phi) is 6.42. The van der Waals surface area contributed by atoms with Crippen molar-refractivity contribution in [3.05, 3.63) is 71.3 Å². The van der Waals surface area contributed by atoms with E-state index >= 15 is 0 Å². The molecule has 1 aliphatic heterocycles. The van der Waals surface area contributed by atoms with Crippen molar-refractivity contribution in [3.8, 4) is 0 Å². The molecule has 0 N–H and O–H groups in total. The second-order valence-corrected chi connectivity index (χ2v) is 7.28. The number of piperidine rings is 1. The molecule has 2 aromatic carbocycles. The zero-order chi connectivity index (χ0) is 17.1. The summed E-state index contributed by atoms with van der Waals surface area (Å²) in [5.41, 5.74) is 5.14. The summed E-state index contributed by atoms with van der Waals surface area (Å²) < 4.78 is 2.59. The maximum absolute atomic E-state index is 12.9. The van der Waals surface area contributed by atoms with Crippen LogP contribution in [0.2, 0.25) is 0 Å². The van der Waals surface area contributed by atoms with E-state index in [4.69, 9.17) is 0 Å². The Hall–Kier alpha value is -1.74. The minimum atomic E-state index is 0. The van der Waals surface area contributed by atoms with E-state index < -0.39 is 0 Å². The molecule has 2 aromatic rings. The van der Waals surface area contributed by atoms with Gasteiger partial charge >= 0.3 is 0 Å². The summed E-state index contributed by atoms with van der Waals surface area (Å²) in [7, 11) is 0. The Balaban J connectivity index is 0.00000196. The third-order valence-electron chi connectivity index (χ3n) is 5.73. The molecular formula is C23H26BrNO. The smallest absolute Gasteiger partial charge is 0.164 e. The number of nitrogens with zero attached hydrogens (tertiary/aromatic N) is 1. The number of fused-ring (bicyclic) bond motifs is 1. The van der Waals surface area contributed by atoms with Gasteiger partial charge in [0.1, 0.15) is 13.1 Å². The molecule has 0 saturated carbocycles. The van der Waals surface area contributed by atoms with Gasteiger partial charge in [-0.15, -0.1) is 0 Å². The molecule has 1 saturated heterocycles. The fourth-order valence-corrected chi connectivity index (χ4v) is 4.43. The molecule has 1 unspecified atom stereocenters. The Morgan fingerprint density at radius 1 is 0.885 bits per heavy atom. The topological polar surface area (TPSA) is 20.1 Å². The van der Waals surface area contributed by atoms with Crippen LogP contribution < -0.4 is 17.0 Å². The molecule has 0 amide bonds. The number of hydrogen-bond acceptors (Lipinski definition) is 1. The molecule has 1 aliphatic carbocycles. The van der Waals surface area contributed by atoms with Crippen LogP contribution in [0, 0.1) is 0 Å². The van der Waals surface area contributed by atoms with Crippen LogP contribution in [0.1, 0.15) is 59.5 Å². The molecule has 0 aromatic heterocycles. The van der Waals surface area contributed by atoms with Crippen molar-refractivity contribution in [2.45, 2.75) is 44.4 Å². The van der Waals surface area contributed by atoms with Gasteiger partial charge in [0.25, 0.3) is 0 Å². The summed E-state index contributed by atoms with van der Waals surface area (Å²) in [6.45, 7) is 2.32. The lowest BCUT2D eigenvalue weighted by molar-refractivity contribution is -0.540. The van der Waals surface area contributed by atoms with E-state index in [2.05, 4.69) is 28.8 Å². The highest BCUT2D eigenvalue weighted by Crippen LogP contribution is 2.33. The number of halogens is 1. The van der Waals surface area contributed by atoms with Gasteiger partial charge in [-0.3, -0.25) is 4.79 Å². The highest BCUT2D eigenvalue weighted by atomic mass is 79.9. The zero-order valence-electron chi connectivity index (χ0n) is 15.2. The van der Waals surface area contributed by atoms with Crippen molar-refractivity contribution in [3.63, 3.8) is 0 Å². The number of carbonyl (C=O) groups excluding carboxylic acids is 1. The quantitative estimate of drug-likeness (QED) is 0.555. The fourth-order valence-electron chi connectivity index (χ4n) is 4.43. The van der Waals surface area contributed by atoms with Crippen LogP contribution in [0.25, 0.3) is 0 Å². The molecule has 3 heteroatoms. The van der Waals surface area contributed by atoms with Crippen molar-refractivity contribution < 1.29 is 26.4 Å². The van der Waals surface area contributed by atoms with E-state index in [0.717, 1.165) is 31.5 Å². The van der Waals surface area contributed by atoms with E-state index in [0.29, 0.717) is 6.42 Å². The maximum atomic E-state index is 12.9. The molecular weight excluding hydrogens is 386 g/mol. The second-order valence-electron chi connectivity index (χ2n) is 7.28. The third kappa shape index (κ3) is 3.98. The monoisotopic (exact) mass is 411 g/mol. The third-order valence-corrected chi connectivity index (χ3v) is 5.73. The lowest BCUT2D eigenvalue weighted by Gasteiger charge is -2.27. The molecule has 0 radical (unpaired) electrons. The average molecular weight is 412 g/mol. The predicted molar refractivity (Wildman–Crippen MR) is 102 cm³/mol. The second kappa shape index (κ2) is 8.77. The highest BCUT2D eigenvalue weighted by Gasteiger charge is 2.34. The molecule has 26 heavy (non-hydrogen) atoms. The number of rotatable bonds is 3. The van der Waals surface area contributed by atoms with Gasteiger partial charge in [-0.1, -0.05) is 54.6 Å². The Labute approximate surface area is 166 Å². The first-order valence-corrected chi connectivity index (χ1v) is 9.59. The number of ketones is 1. The summed E-state index contributed by atoms with van der Waals surface area (Å²) >= 11 is 0. The predicted octanol–water partition coefficient (Wildman–Crippen LogP) is 1.63. The van der Waals surface area contributed by atoms with Gasteiger partial charge in [0.05, 0.1) is 5.92 Å². The summed E-state index contributed by atoms with van der Waals surface area (Å²) in [4.78, 5) is 12.9. The highest BCUT2D eigenvalue weighted by molar-refractivity contribution is 6.01. The standard InChI is InChI=1S/C23H26NO.BrH/c25-23(19-10-3-1-4-11-19)17-21-20-12-6-5-9-18(20)13-14-22(21)24-15-7-2-8-16-24;/h1,3-6,9-12,21H,2,7-8,13-17H2;1H/q+1;/p-1. The number of hydrogen-bond donors (Lipinski definition) is 0. The lowest BCUT2D eigenvalue weighted by Crippen LogP contribution is -3.00. The van der Waals surface area contributed by atoms with Gasteiger partial charge in [-0.05, 0) is 24.0 Å². The van der Waals surface area contributed by atoms with Gasteiger partial charge in [-0.2, -0.15) is 0 Å². The van der Waals surface area contributed by atoms with Gasteiger partial charge < -0.3 is 17.0 Å².